The predicted octanol–water partition coefficient (Wildman–Crippen LogP) is 0.575. The Labute approximate surface area is 150 Å². The van der Waals surface area contributed by atoms with Crippen LogP contribution in [0.1, 0.15) is 13.8 Å². The molecule has 26 heavy (non-hydrogen) atoms. The lowest BCUT2D eigenvalue weighted by Crippen LogP contribution is -2.49. The molecule has 2 heterocycles. The number of hydrogen-bond acceptors (Lipinski definition) is 6. The standard InChI is InChI=1S/C18H21N3O5/c1-12-7-20(8-13(2)26-12)16(22)10-25-17(23)9-21-11-19-15-6-4-3-5-14(15)18(21)24/h3-6,11-13H,7-10H2,1-2H3/t12-,13-/m1/s1. The summed E-state index contributed by atoms with van der Waals surface area (Å²) in [7, 11) is 0. The number of amides is 1. The van der Waals surface area contributed by atoms with E-state index in [2.05, 4.69) is 4.98 Å². The minimum Gasteiger partial charge on any atom is -0.454 e. The smallest absolute Gasteiger partial charge is 0.326 e. The first kappa shape index (κ1) is 18.1. The minimum atomic E-state index is -0.660. The molecule has 2 aromatic rings. The second-order valence-corrected chi connectivity index (χ2v) is 6.41. The molecular formula is C18H21N3O5. The number of esters is 1. The fraction of sp³-hybridized carbons (Fsp3) is 0.444. The number of rotatable bonds is 4. The summed E-state index contributed by atoms with van der Waals surface area (Å²) in [5.74, 6) is -0.934. The van der Waals surface area contributed by atoms with Gasteiger partial charge in [-0.3, -0.25) is 19.0 Å². The molecule has 0 bridgehead atoms. The number of carbonyl (C=O) groups is 2. The van der Waals surface area contributed by atoms with Crippen LogP contribution in [0.5, 0.6) is 0 Å². The molecule has 138 valence electrons. The van der Waals surface area contributed by atoms with Gasteiger partial charge in [0.25, 0.3) is 11.5 Å². The summed E-state index contributed by atoms with van der Waals surface area (Å²) in [4.78, 5) is 42.3. The van der Waals surface area contributed by atoms with Crippen LogP contribution < -0.4 is 5.56 Å². The third-order valence-electron chi connectivity index (χ3n) is 4.16. The SMILES string of the molecule is C[C@@H]1CN(C(=O)COC(=O)Cn2cnc3ccccc3c2=O)C[C@@H](C)O1. The Hall–Kier alpha value is -2.74. The van der Waals surface area contributed by atoms with Gasteiger partial charge >= 0.3 is 5.97 Å². The van der Waals surface area contributed by atoms with Crippen molar-refractivity contribution in [3.8, 4) is 0 Å². The normalized spacial score (nSPS) is 20.2. The van der Waals surface area contributed by atoms with Gasteiger partial charge in [-0.05, 0) is 26.0 Å². The van der Waals surface area contributed by atoms with Crippen LogP contribution in [0.4, 0.5) is 0 Å². The molecule has 1 fully saturated rings. The van der Waals surface area contributed by atoms with Crippen molar-refractivity contribution in [2.24, 2.45) is 0 Å². The van der Waals surface area contributed by atoms with Crippen LogP contribution >= 0.6 is 0 Å². The van der Waals surface area contributed by atoms with E-state index in [4.69, 9.17) is 9.47 Å². The maximum absolute atomic E-state index is 12.3. The lowest BCUT2D eigenvalue weighted by atomic mass is 10.2. The molecule has 3 rings (SSSR count). The Morgan fingerprint density at radius 3 is 2.65 bits per heavy atom. The van der Waals surface area contributed by atoms with Crippen molar-refractivity contribution < 1.29 is 19.1 Å². The van der Waals surface area contributed by atoms with E-state index in [1.807, 2.05) is 13.8 Å². The number of para-hydroxylation sites is 1. The number of benzene rings is 1. The van der Waals surface area contributed by atoms with Crippen LogP contribution in [0, 0.1) is 0 Å². The number of aromatic nitrogens is 2. The Bertz CT molecular complexity index is 869. The molecule has 1 aromatic carbocycles. The first-order valence-electron chi connectivity index (χ1n) is 8.47. The van der Waals surface area contributed by atoms with Crippen molar-refractivity contribution in [3.05, 3.63) is 40.9 Å². The molecule has 0 saturated carbocycles. The average molecular weight is 359 g/mol. The molecule has 8 nitrogen and oxygen atoms in total. The van der Waals surface area contributed by atoms with Gasteiger partial charge < -0.3 is 14.4 Å². The highest BCUT2D eigenvalue weighted by molar-refractivity contribution is 5.81. The summed E-state index contributed by atoms with van der Waals surface area (Å²) < 4.78 is 11.8. The Morgan fingerprint density at radius 2 is 1.92 bits per heavy atom. The minimum absolute atomic E-state index is 0.0550. The van der Waals surface area contributed by atoms with Crippen molar-refractivity contribution >= 4 is 22.8 Å². The van der Waals surface area contributed by atoms with E-state index in [0.29, 0.717) is 24.0 Å². The summed E-state index contributed by atoms with van der Waals surface area (Å²) in [6.45, 7) is 4.07. The largest absolute Gasteiger partial charge is 0.454 e. The van der Waals surface area contributed by atoms with Gasteiger partial charge in [0, 0.05) is 13.1 Å². The zero-order valence-corrected chi connectivity index (χ0v) is 14.8. The number of ether oxygens (including phenoxy) is 2. The van der Waals surface area contributed by atoms with Crippen molar-refractivity contribution in [3.63, 3.8) is 0 Å². The van der Waals surface area contributed by atoms with Crippen LogP contribution in [0.2, 0.25) is 0 Å². The molecule has 0 radical (unpaired) electrons. The van der Waals surface area contributed by atoms with Gasteiger partial charge in [0.2, 0.25) is 0 Å². The fourth-order valence-corrected chi connectivity index (χ4v) is 3.02. The molecule has 1 aromatic heterocycles. The molecule has 1 saturated heterocycles. The second kappa shape index (κ2) is 7.65. The molecule has 8 heteroatoms. The molecule has 0 spiro atoms. The van der Waals surface area contributed by atoms with E-state index in [-0.39, 0.29) is 36.8 Å². The molecule has 0 N–H and O–H groups in total. The summed E-state index contributed by atoms with van der Waals surface area (Å²) in [6.07, 6.45) is 1.19. The van der Waals surface area contributed by atoms with E-state index < -0.39 is 5.97 Å². The summed E-state index contributed by atoms with van der Waals surface area (Å²) in [5.41, 5.74) is 0.238. The summed E-state index contributed by atoms with van der Waals surface area (Å²) in [6, 6.07) is 6.89. The van der Waals surface area contributed by atoms with Gasteiger partial charge in [-0.2, -0.15) is 0 Å². The van der Waals surface area contributed by atoms with Crippen LogP contribution in [0.25, 0.3) is 10.9 Å². The first-order chi connectivity index (χ1) is 12.4. The van der Waals surface area contributed by atoms with Crippen molar-refractivity contribution in [1.29, 1.82) is 0 Å². The molecule has 1 amide bonds. The highest BCUT2D eigenvalue weighted by Gasteiger charge is 2.26. The van der Waals surface area contributed by atoms with E-state index in [0.717, 1.165) is 0 Å². The van der Waals surface area contributed by atoms with Crippen molar-refractivity contribution in [2.75, 3.05) is 19.7 Å². The van der Waals surface area contributed by atoms with Gasteiger partial charge in [0.15, 0.2) is 6.61 Å². The van der Waals surface area contributed by atoms with Crippen LogP contribution in [-0.2, 0) is 25.6 Å². The van der Waals surface area contributed by atoms with E-state index in [1.165, 1.54) is 10.9 Å². The Balaban J connectivity index is 1.58. The number of nitrogens with zero attached hydrogens (tertiary/aromatic N) is 3. The molecule has 1 aliphatic heterocycles. The zero-order chi connectivity index (χ0) is 18.7. The van der Waals surface area contributed by atoms with Gasteiger partial charge in [0.1, 0.15) is 6.54 Å². The predicted molar refractivity (Wildman–Crippen MR) is 93.6 cm³/mol. The fourth-order valence-electron chi connectivity index (χ4n) is 3.02. The van der Waals surface area contributed by atoms with Crippen LogP contribution in [0.3, 0.4) is 0 Å². The lowest BCUT2D eigenvalue weighted by molar-refractivity contribution is -0.157. The van der Waals surface area contributed by atoms with E-state index >= 15 is 0 Å². The third kappa shape index (κ3) is 4.08. The average Bonchev–Trinajstić information content (AvgIpc) is 2.61. The quantitative estimate of drug-likeness (QED) is 0.742. The highest BCUT2D eigenvalue weighted by Crippen LogP contribution is 2.11. The topological polar surface area (TPSA) is 90.7 Å². The van der Waals surface area contributed by atoms with Gasteiger partial charge in [-0.25, -0.2) is 4.98 Å². The number of carbonyl (C=O) groups excluding carboxylic acids is 2. The zero-order valence-electron chi connectivity index (χ0n) is 14.8. The maximum Gasteiger partial charge on any atom is 0.326 e. The third-order valence-corrected chi connectivity index (χ3v) is 4.16. The van der Waals surface area contributed by atoms with Crippen LogP contribution in [-0.4, -0.2) is 58.2 Å². The number of fused-ring (bicyclic) bond motifs is 1. The molecular weight excluding hydrogens is 338 g/mol. The Morgan fingerprint density at radius 1 is 1.23 bits per heavy atom. The monoisotopic (exact) mass is 359 g/mol. The van der Waals surface area contributed by atoms with Gasteiger partial charge in [0.05, 0.1) is 29.4 Å². The maximum atomic E-state index is 12.3. The Kier molecular flexibility index (Phi) is 5.32. The highest BCUT2D eigenvalue weighted by atomic mass is 16.5. The van der Waals surface area contributed by atoms with Crippen molar-refractivity contribution in [1.82, 2.24) is 14.5 Å². The van der Waals surface area contributed by atoms with E-state index in [9.17, 15) is 14.4 Å². The molecule has 1 aliphatic rings. The van der Waals surface area contributed by atoms with Gasteiger partial charge in [-0.15, -0.1) is 0 Å². The lowest BCUT2D eigenvalue weighted by Gasteiger charge is -2.35. The van der Waals surface area contributed by atoms with Crippen molar-refractivity contribution in [2.45, 2.75) is 32.6 Å². The van der Waals surface area contributed by atoms with Gasteiger partial charge in [-0.1, -0.05) is 12.1 Å². The second-order valence-electron chi connectivity index (χ2n) is 6.41. The number of morpholine rings is 1. The van der Waals surface area contributed by atoms with Crippen LogP contribution in [0.15, 0.2) is 35.4 Å². The molecule has 0 aliphatic carbocycles. The number of hydrogen-bond donors (Lipinski definition) is 0. The summed E-state index contributed by atoms with van der Waals surface area (Å²) >= 11 is 0. The van der Waals surface area contributed by atoms with E-state index in [1.54, 1.807) is 29.2 Å². The molecule has 0 unspecified atom stereocenters. The molecule has 2 atom stereocenters. The summed E-state index contributed by atoms with van der Waals surface area (Å²) in [5, 5.41) is 0.426. The first-order valence-corrected chi connectivity index (χ1v) is 8.47.